The Bertz CT molecular complexity index is 1030. The molecule has 3 aromatic rings. The van der Waals surface area contributed by atoms with E-state index in [2.05, 4.69) is 15.2 Å². The molecular weight excluding hydrogens is 387 g/mol. The van der Waals surface area contributed by atoms with Crippen LogP contribution in [0, 0.1) is 0 Å². The fraction of sp³-hybridized carbons (Fsp3) is 0.150. The molecule has 3 rings (SSSR count). The Balaban J connectivity index is 1.66. The van der Waals surface area contributed by atoms with Gasteiger partial charge in [0.25, 0.3) is 5.91 Å². The van der Waals surface area contributed by atoms with Crippen LogP contribution in [0.4, 0.5) is 18.9 Å². The SMILES string of the molecule is COC(=O)c1ccc(C(=O)Nc2cnn(Cc3cccc(C(F)(F)F)c3)c2)cc1. The molecule has 0 fully saturated rings. The summed E-state index contributed by atoms with van der Waals surface area (Å²) < 4.78 is 44.4. The van der Waals surface area contributed by atoms with Crippen LogP contribution in [-0.2, 0) is 17.5 Å². The molecule has 0 saturated carbocycles. The fourth-order valence-corrected chi connectivity index (χ4v) is 2.63. The quantitative estimate of drug-likeness (QED) is 0.654. The lowest BCUT2D eigenvalue weighted by molar-refractivity contribution is -0.137. The zero-order valence-electron chi connectivity index (χ0n) is 15.2. The minimum atomic E-state index is -4.41. The first kappa shape index (κ1) is 20.1. The Hall–Kier alpha value is -3.62. The van der Waals surface area contributed by atoms with Gasteiger partial charge < -0.3 is 10.1 Å². The highest BCUT2D eigenvalue weighted by molar-refractivity contribution is 6.04. The molecule has 1 amide bonds. The molecule has 0 bridgehead atoms. The van der Waals surface area contributed by atoms with Gasteiger partial charge in [0.15, 0.2) is 0 Å². The molecule has 0 aliphatic heterocycles. The maximum Gasteiger partial charge on any atom is 0.416 e. The van der Waals surface area contributed by atoms with Crippen molar-refractivity contribution in [1.82, 2.24) is 9.78 Å². The molecule has 29 heavy (non-hydrogen) atoms. The average molecular weight is 403 g/mol. The van der Waals surface area contributed by atoms with E-state index in [9.17, 15) is 22.8 Å². The molecule has 0 unspecified atom stereocenters. The molecule has 6 nitrogen and oxygen atoms in total. The Morgan fingerprint density at radius 2 is 1.79 bits per heavy atom. The van der Waals surface area contributed by atoms with Crippen LogP contribution in [-0.4, -0.2) is 28.8 Å². The van der Waals surface area contributed by atoms with Gasteiger partial charge in [-0.15, -0.1) is 0 Å². The minimum absolute atomic E-state index is 0.119. The van der Waals surface area contributed by atoms with Crippen molar-refractivity contribution in [3.8, 4) is 0 Å². The number of anilines is 1. The van der Waals surface area contributed by atoms with Gasteiger partial charge in [-0.1, -0.05) is 12.1 Å². The van der Waals surface area contributed by atoms with Gasteiger partial charge >= 0.3 is 12.1 Å². The van der Waals surface area contributed by atoms with Crippen LogP contribution >= 0.6 is 0 Å². The molecule has 0 aliphatic rings. The normalized spacial score (nSPS) is 11.2. The summed E-state index contributed by atoms with van der Waals surface area (Å²) in [6.45, 7) is 0.119. The van der Waals surface area contributed by atoms with Crippen molar-refractivity contribution in [2.75, 3.05) is 12.4 Å². The Morgan fingerprint density at radius 1 is 1.10 bits per heavy atom. The lowest BCUT2D eigenvalue weighted by Crippen LogP contribution is -2.12. The summed E-state index contributed by atoms with van der Waals surface area (Å²) in [7, 11) is 1.26. The van der Waals surface area contributed by atoms with Crippen molar-refractivity contribution < 1.29 is 27.5 Å². The van der Waals surface area contributed by atoms with Crippen molar-refractivity contribution in [2.24, 2.45) is 0 Å². The number of rotatable bonds is 5. The van der Waals surface area contributed by atoms with Crippen molar-refractivity contribution in [1.29, 1.82) is 0 Å². The lowest BCUT2D eigenvalue weighted by atomic mass is 10.1. The van der Waals surface area contributed by atoms with Crippen LogP contribution in [0.25, 0.3) is 0 Å². The summed E-state index contributed by atoms with van der Waals surface area (Å²) in [6.07, 6.45) is -1.50. The molecule has 2 aromatic carbocycles. The number of halogens is 3. The number of hydrogen-bond acceptors (Lipinski definition) is 4. The largest absolute Gasteiger partial charge is 0.465 e. The van der Waals surface area contributed by atoms with Gasteiger partial charge in [0.2, 0.25) is 0 Å². The van der Waals surface area contributed by atoms with Gasteiger partial charge in [-0.2, -0.15) is 18.3 Å². The number of esters is 1. The highest BCUT2D eigenvalue weighted by Gasteiger charge is 2.30. The summed E-state index contributed by atoms with van der Waals surface area (Å²) >= 11 is 0. The number of amides is 1. The fourth-order valence-electron chi connectivity index (χ4n) is 2.63. The third-order valence-electron chi connectivity index (χ3n) is 4.06. The second-order valence-electron chi connectivity index (χ2n) is 6.15. The molecule has 0 radical (unpaired) electrons. The van der Waals surface area contributed by atoms with E-state index in [-0.39, 0.29) is 6.54 Å². The Morgan fingerprint density at radius 3 is 2.45 bits per heavy atom. The van der Waals surface area contributed by atoms with E-state index in [0.717, 1.165) is 12.1 Å². The van der Waals surface area contributed by atoms with Gasteiger partial charge in [0.1, 0.15) is 0 Å². The van der Waals surface area contributed by atoms with Crippen molar-refractivity contribution in [2.45, 2.75) is 12.7 Å². The van der Waals surface area contributed by atoms with Crippen molar-refractivity contribution in [3.05, 3.63) is 83.2 Å². The number of ether oxygens (including phenoxy) is 1. The molecule has 1 heterocycles. The Kier molecular flexibility index (Phi) is 5.67. The highest BCUT2D eigenvalue weighted by Crippen LogP contribution is 2.29. The standard InChI is InChI=1S/C20H16F3N3O3/c1-29-19(28)15-7-5-14(6-8-15)18(27)25-17-10-24-26(12-17)11-13-3-2-4-16(9-13)20(21,22)23/h2-10,12H,11H2,1H3,(H,25,27). The van der Waals surface area contributed by atoms with Gasteiger partial charge in [-0.3, -0.25) is 9.48 Å². The molecule has 9 heteroatoms. The third-order valence-corrected chi connectivity index (χ3v) is 4.06. The molecule has 1 aromatic heterocycles. The van der Waals surface area contributed by atoms with Crippen LogP contribution in [0.15, 0.2) is 60.9 Å². The topological polar surface area (TPSA) is 73.2 Å². The molecule has 0 spiro atoms. The summed E-state index contributed by atoms with van der Waals surface area (Å²) in [5, 5.41) is 6.70. The second-order valence-corrected chi connectivity index (χ2v) is 6.15. The van der Waals surface area contributed by atoms with Crippen LogP contribution in [0.2, 0.25) is 0 Å². The van der Waals surface area contributed by atoms with Gasteiger partial charge in [-0.25, -0.2) is 4.79 Å². The maximum atomic E-state index is 12.8. The van der Waals surface area contributed by atoms with Gasteiger partial charge in [0.05, 0.1) is 36.7 Å². The van der Waals surface area contributed by atoms with Crippen LogP contribution < -0.4 is 5.32 Å². The molecule has 1 N–H and O–H groups in total. The number of alkyl halides is 3. The predicted molar refractivity (Wildman–Crippen MR) is 98.5 cm³/mol. The molecule has 150 valence electrons. The van der Waals surface area contributed by atoms with Gasteiger partial charge in [-0.05, 0) is 42.0 Å². The lowest BCUT2D eigenvalue weighted by Gasteiger charge is -2.08. The Labute approximate surface area is 163 Å². The van der Waals surface area contributed by atoms with Crippen molar-refractivity contribution in [3.63, 3.8) is 0 Å². The first-order chi connectivity index (χ1) is 13.8. The third kappa shape index (κ3) is 5.01. The number of carbonyl (C=O) groups is 2. The van der Waals surface area contributed by atoms with E-state index in [1.54, 1.807) is 6.07 Å². The summed E-state index contributed by atoms with van der Waals surface area (Å²) in [4.78, 5) is 23.7. The number of benzene rings is 2. The monoisotopic (exact) mass is 403 g/mol. The minimum Gasteiger partial charge on any atom is -0.465 e. The predicted octanol–water partition coefficient (Wildman–Crippen LogP) is 3.99. The number of nitrogens with zero attached hydrogens (tertiary/aromatic N) is 2. The average Bonchev–Trinajstić information content (AvgIpc) is 3.13. The number of methoxy groups -OCH3 is 1. The first-order valence-electron chi connectivity index (χ1n) is 8.44. The van der Waals surface area contributed by atoms with Crippen LogP contribution in [0.1, 0.15) is 31.8 Å². The van der Waals surface area contributed by atoms with E-state index >= 15 is 0 Å². The van der Waals surface area contributed by atoms with E-state index in [1.165, 1.54) is 54.5 Å². The zero-order chi connectivity index (χ0) is 21.0. The molecule has 0 aliphatic carbocycles. The van der Waals surface area contributed by atoms with Crippen LogP contribution in [0.3, 0.4) is 0 Å². The maximum absolute atomic E-state index is 12.8. The van der Waals surface area contributed by atoms with Crippen LogP contribution in [0.5, 0.6) is 0 Å². The van der Waals surface area contributed by atoms with E-state index in [1.807, 2.05) is 0 Å². The number of aromatic nitrogens is 2. The van der Waals surface area contributed by atoms with E-state index < -0.39 is 23.6 Å². The number of carbonyl (C=O) groups excluding carboxylic acids is 2. The summed E-state index contributed by atoms with van der Waals surface area (Å²) in [5.74, 6) is -0.923. The highest BCUT2D eigenvalue weighted by atomic mass is 19.4. The zero-order valence-corrected chi connectivity index (χ0v) is 15.2. The summed E-state index contributed by atoms with van der Waals surface area (Å²) in [6, 6.07) is 10.9. The number of nitrogens with one attached hydrogen (secondary N) is 1. The van der Waals surface area contributed by atoms with E-state index in [0.29, 0.717) is 22.4 Å². The second kappa shape index (κ2) is 8.17. The first-order valence-corrected chi connectivity index (χ1v) is 8.44. The van der Waals surface area contributed by atoms with Gasteiger partial charge in [0, 0.05) is 11.8 Å². The molecule has 0 saturated heterocycles. The number of hydrogen-bond donors (Lipinski definition) is 1. The van der Waals surface area contributed by atoms with Crippen molar-refractivity contribution >= 4 is 17.6 Å². The molecule has 0 atom stereocenters. The molecular formula is C20H16F3N3O3. The summed E-state index contributed by atoms with van der Waals surface area (Å²) in [5.41, 5.74) is 0.727. The smallest absolute Gasteiger partial charge is 0.416 e. The van der Waals surface area contributed by atoms with E-state index in [4.69, 9.17) is 0 Å².